The number of thioether (sulfide) groups is 1. The van der Waals surface area contributed by atoms with E-state index in [9.17, 15) is 14.0 Å². The molecule has 2 aromatic carbocycles. The average molecular weight is 614 g/mol. The van der Waals surface area contributed by atoms with Crippen LogP contribution in [0.2, 0.25) is 5.02 Å². The number of hydrogen-bond acceptors (Lipinski definition) is 6. The first-order valence-electron chi connectivity index (χ1n) is 14.4. The maximum absolute atomic E-state index is 15.4. The lowest BCUT2D eigenvalue weighted by Crippen LogP contribution is -2.58. The number of amides is 1. The molecule has 222 valence electrons. The monoisotopic (exact) mass is 613 g/mol. The quantitative estimate of drug-likeness (QED) is 0.287. The fourth-order valence-corrected chi connectivity index (χ4v) is 8.54. The van der Waals surface area contributed by atoms with Crippen LogP contribution in [0.1, 0.15) is 32.3 Å². The van der Waals surface area contributed by atoms with Crippen LogP contribution in [0.4, 0.5) is 14.6 Å². The number of piperazine rings is 1. The Bertz CT molecular complexity index is 1640. The van der Waals surface area contributed by atoms with E-state index >= 15 is 4.39 Å². The Labute approximate surface area is 253 Å². The Kier molecular flexibility index (Phi) is 7.82. The van der Waals surface area contributed by atoms with Gasteiger partial charge < -0.3 is 9.80 Å². The van der Waals surface area contributed by atoms with Crippen LogP contribution in [0.25, 0.3) is 22.0 Å². The Morgan fingerprint density at radius 2 is 1.79 bits per heavy atom. The molecule has 3 aliphatic rings. The van der Waals surface area contributed by atoms with Gasteiger partial charge in [-0.3, -0.25) is 14.3 Å². The number of aromatic nitrogens is 2. The summed E-state index contributed by atoms with van der Waals surface area (Å²) in [7, 11) is 0. The maximum Gasteiger partial charge on any atom is 0.350 e. The van der Waals surface area contributed by atoms with Crippen molar-refractivity contribution in [2.24, 2.45) is 0 Å². The molecule has 1 unspecified atom stereocenters. The highest BCUT2D eigenvalue weighted by Crippen LogP contribution is 2.45. The molecule has 1 aromatic heterocycles. The number of carbonyl (C=O) groups excluding carboxylic acids is 1. The molecule has 42 heavy (non-hydrogen) atoms. The van der Waals surface area contributed by atoms with Gasteiger partial charge in [-0.15, -0.1) is 11.8 Å². The minimum atomic E-state index is -0.815. The van der Waals surface area contributed by atoms with Gasteiger partial charge in [0.05, 0.1) is 10.5 Å². The van der Waals surface area contributed by atoms with Gasteiger partial charge in [0.2, 0.25) is 5.91 Å². The van der Waals surface area contributed by atoms with E-state index in [-0.39, 0.29) is 40.3 Å². The predicted octanol–water partition coefficient (Wildman–Crippen LogP) is 5.49. The number of hydrogen-bond donors (Lipinski definition) is 0. The first kappa shape index (κ1) is 29.1. The van der Waals surface area contributed by atoms with E-state index in [1.54, 1.807) is 16.3 Å². The predicted molar refractivity (Wildman–Crippen MR) is 165 cm³/mol. The van der Waals surface area contributed by atoms with Gasteiger partial charge >= 0.3 is 5.69 Å². The van der Waals surface area contributed by atoms with Crippen molar-refractivity contribution in [2.75, 3.05) is 36.8 Å². The molecule has 0 saturated carbocycles. The standard InChI is InChI=1S/C31H34ClF2N5O2S/c1-5-26(40)39-18(3)13-37(14-19(39)4)30-22-10-17(2)27(21-11-23(32)25(34)12-24(21)33)29-28(22)38(31(41)35-30)15-20(16-42-29)36-8-6-7-9-36/h5,10-12,18-20H,1,6-9,13-16H2,2-4H3/t18-,19+,20?. The lowest BCUT2D eigenvalue weighted by atomic mass is 9.97. The van der Waals surface area contributed by atoms with Crippen molar-refractivity contribution >= 4 is 46.0 Å². The van der Waals surface area contributed by atoms with E-state index < -0.39 is 11.6 Å². The van der Waals surface area contributed by atoms with Crippen molar-refractivity contribution in [2.45, 2.75) is 63.2 Å². The molecule has 2 saturated heterocycles. The molecule has 4 heterocycles. The molecule has 3 atom stereocenters. The molecule has 0 aliphatic carbocycles. The molecule has 3 aliphatic heterocycles. The zero-order chi connectivity index (χ0) is 29.9. The Balaban J connectivity index is 1.57. The molecule has 0 radical (unpaired) electrons. The van der Waals surface area contributed by atoms with Crippen molar-refractivity contribution in [1.82, 2.24) is 19.4 Å². The largest absolute Gasteiger partial charge is 0.352 e. The molecule has 11 heteroatoms. The number of anilines is 1. The summed E-state index contributed by atoms with van der Waals surface area (Å²) < 4.78 is 31.3. The summed E-state index contributed by atoms with van der Waals surface area (Å²) in [5.74, 6) is -0.366. The summed E-state index contributed by atoms with van der Waals surface area (Å²) in [5.41, 5.74) is 1.95. The number of benzene rings is 2. The van der Waals surface area contributed by atoms with E-state index in [0.29, 0.717) is 36.5 Å². The fourth-order valence-electron chi connectivity index (χ4n) is 6.93. The molecular weight excluding hydrogens is 580 g/mol. The molecule has 0 bridgehead atoms. The maximum atomic E-state index is 15.4. The highest BCUT2D eigenvalue weighted by atomic mass is 35.5. The highest BCUT2D eigenvalue weighted by molar-refractivity contribution is 7.99. The molecule has 6 rings (SSSR count). The van der Waals surface area contributed by atoms with Gasteiger partial charge in [0.1, 0.15) is 17.5 Å². The smallest absolute Gasteiger partial charge is 0.350 e. The third kappa shape index (κ3) is 4.91. The van der Waals surface area contributed by atoms with Crippen molar-refractivity contribution in [3.63, 3.8) is 0 Å². The molecule has 0 spiro atoms. The average Bonchev–Trinajstić information content (AvgIpc) is 3.41. The van der Waals surface area contributed by atoms with Crippen LogP contribution in [-0.2, 0) is 11.3 Å². The number of likely N-dealkylation sites (tertiary alicyclic amines) is 1. The van der Waals surface area contributed by atoms with Crippen LogP contribution in [0.3, 0.4) is 0 Å². The number of aryl methyl sites for hydroxylation is 1. The van der Waals surface area contributed by atoms with Gasteiger partial charge in [-0.05, 0) is 70.5 Å². The van der Waals surface area contributed by atoms with Crippen molar-refractivity contribution in [3.05, 3.63) is 63.6 Å². The van der Waals surface area contributed by atoms with Crippen LogP contribution in [0.15, 0.2) is 40.5 Å². The number of halogens is 3. The molecular formula is C31H34ClF2N5O2S. The van der Waals surface area contributed by atoms with Gasteiger partial charge in [-0.25, -0.2) is 13.6 Å². The lowest BCUT2D eigenvalue weighted by Gasteiger charge is -2.44. The molecule has 0 N–H and O–H groups in total. The second-order valence-electron chi connectivity index (χ2n) is 11.6. The summed E-state index contributed by atoms with van der Waals surface area (Å²) in [4.78, 5) is 38.2. The van der Waals surface area contributed by atoms with Crippen LogP contribution < -0.4 is 10.6 Å². The summed E-state index contributed by atoms with van der Waals surface area (Å²) in [6, 6.07) is 3.97. The number of nitrogens with zero attached hydrogens (tertiary/aromatic N) is 5. The minimum Gasteiger partial charge on any atom is -0.352 e. The molecule has 1 amide bonds. The van der Waals surface area contributed by atoms with Crippen LogP contribution in [0.5, 0.6) is 0 Å². The third-order valence-electron chi connectivity index (χ3n) is 8.79. The molecule has 3 aromatic rings. The summed E-state index contributed by atoms with van der Waals surface area (Å²) in [5, 5.41) is 0.645. The zero-order valence-corrected chi connectivity index (χ0v) is 25.6. The van der Waals surface area contributed by atoms with E-state index in [2.05, 4.69) is 21.4 Å². The fraction of sp³-hybridized carbons (Fsp3) is 0.452. The second kappa shape index (κ2) is 11.3. The van der Waals surface area contributed by atoms with Gasteiger partial charge in [0.15, 0.2) is 0 Å². The molecule has 2 fully saturated rings. The van der Waals surface area contributed by atoms with Crippen molar-refractivity contribution < 1.29 is 13.6 Å². The lowest BCUT2D eigenvalue weighted by molar-refractivity contribution is -0.130. The first-order chi connectivity index (χ1) is 20.1. The number of rotatable bonds is 4. The number of carbonyl (C=O) groups is 1. The second-order valence-corrected chi connectivity index (χ2v) is 13.1. The van der Waals surface area contributed by atoms with E-state index in [0.717, 1.165) is 53.6 Å². The van der Waals surface area contributed by atoms with E-state index in [4.69, 9.17) is 11.6 Å². The van der Waals surface area contributed by atoms with E-state index in [1.165, 1.54) is 12.1 Å². The van der Waals surface area contributed by atoms with Crippen molar-refractivity contribution in [1.29, 1.82) is 0 Å². The highest BCUT2D eigenvalue weighted by Gasteiger charge is 2.35. The summed E-state index contributed by atoms with van der Waals surface area (Å²) in [6.45, 7) is 12.9. The van der Waals surface area contributed by atoms with Crippen molar-refractivity contribution in [3.8, 4) is 11.1 Å². The van der Waals surface area contributed by atoms with Gasteiger partial charge in [-0.2, -0.15) is 4.98 Å². The minimum absolute atomic E-state index is 0.113. The summed E-state index contributed by atoms with van der Waals surface area (Å²) in [6.07, 6.45) is 3.57. The van der Waals surface area contributed by atoms with Crippen LogP contribution in [0, 0.1) is 18.6 Å². The Morgan fingerprint density at radius 1 is 1.10 bits per heavy atom. The first-order valence-corrected chi connectivity index (χ1v) is 15.7. The van der Waals surface area contributed by atoms with Gasteiger partial charge in [0, 0.05) is 71.0 Å². The SMILES string of the molecule is C=CC(=O)N1[C@H](C)CN(c2nc(=O)n3c4c(c(-c5cc(Cl)c(F)cc5F)c(C)cc24)SCC(N2CCCC2)C3)C[C@@H]1C. The van der Waals surface area contributed by atoms with Crippen LogP contribution in [-0.4, -0.2) is 75.3 Å². The van der Waals surface area contributed by atoms with Crippen LogP contribution >= 0.6 is 23.4 Å². The topological polar surface area (TPSA) is 61.7 Å². The van der Waals surface area contributed by atoms with Gasteiger partial charge in [-0.1, -0.05) is 18.2 Å². The zero-order valence-electron chi connectivity index (χ0n) is 24.0. The summed E-state index contributed by atoms with van der Waals surface area (Å²) >= 11 is 7.76. The van der Waals surface area contributed by atoms with E-state index in [1.807, 2.05) is 31.7 Å². The third-order valence-corrected chi connectivity index (χ3v) is 10.3. The Hall–Kier alpha value is -2.95. The van der Waals surface area contributed by atoms with Gasteiger partial charge in [0.25, 0.3) is 0 Å². The normalized spacial score (nSPS) is 23.0. The molecule has 7 nitrogen and oxygen atoms in total. The Morgan fingerprint density at radius 3 is 2.45 bits per heavy atom.